The fourth-order valence-corrected chi connectivity index (χ4v) is 3.84. The van der Waals surface area contributed by atoms with E-state index in [0.717, 1.165) is 37.4 Å². The molecule has 19 heavy (non-hydrogen) atoms. The molecule has 1 N–H and O–H groups in total. The molecule has 6 nitrogen and oxygen atoms in total. The van der Waals surface area contributed by atoms with Crippen molar-refractivity contribution in [1.82, 2.24) is 20.1 Å². The van der Waals surface area contributed by atoms with Crippen LogP contribution >= 0.6 is 11.8 Å². The zero-order valence-corrected chi connectivity index (χ0v) is 11.6. The molecule has 7 heteroatoms. The summed E-state index contributed by atoms with van der Waals surface area (Å²) in [5, 5.41) is 6.43. The number of aromatic amines is 1. The molecule has 0 bridgehead atoms. The Hall–Kier alpha value is -1.08. The van der Waals surface area contributed by atoms with Gasteiger partial charge in [-0.15, -0.1) is 0 Å². The van der Waals surface area contributed by atoms with Crippen LogP contribution in [0.5, 0.6) is 0 Å². The van der Waals surface area contributed by atoms with Crippen LogP contribution < -0.4 is 0 Å². The van der Waals surface area contributed by atoms with Gasteiger partial charge in [-0.05, 0) is 25.0 Å². The number of carbonyl (C=O) groups excluding carboxylic acids is 1. The summed E-state index contributed by atoms with van der Waals surface area (Å²) < 4.78 is 5.66. The lowest BCUT2D eigenvalue weighted by Crippen LogP contribution is -2.45. The van der Waals surface area contributed by atoms with Gasteiger partial charge in [0.05, 0.1) is 6.10 Å². The normalized spacial score (nSPS) is 26.7. The number of H-pyrrole nitrogens is 1. The van der Waals surface area contributed by atoms with Gasteiger partial charge in [-0.1, -0.05) is 0 Å². The fourth-order valence-electron chi connectivity index (χ4n) is 2.62. The van der Waals surface area contributed by atoms with Crippen LogP contribution in [0.15, 0.2) is 6.33 Å². The Kier molecular flexibility index (Phi) is 4.03. The third-order valence-corrected chi connectivity index (χ3v) is 4.79. The molecule has 1 amide bonds. The van der Waals surface area contributed by atoms with Crippen molar-refractivity contribution in [1.29, 1.82) is 0 Å². The van der Waals surface area contributed by atoms with Crippen LogP contribution in [0.4, 0.5) is 0 Å². The molecule has 2 atom stereocenters. The van der Waals surface area contributed by atoms with E-state index in [1.54, 1.807) is 0 Å². The highest BCUT2D eigenvalue weighted by molar-refractivity contribution is 7.99. The highest BCUT2D eigenvalue weighted by atomic mass is 32.2. The second-order valence-electron chi connectivity index (χ2n) is 4.94. The summed E-state index contributed by atoms with van der Waals surface area (Å²) in [6, 6.07) is 0.298. The van der Waals surface area contributed by atoms with Crippen molar-refractivity contribution in [2.24, 2.45) is 0 Å². The van der Waals surface area contributed by atoms with Gasteiger partial charge in [-0.25, -0.2) is 4.98 Å². The second-order valence-corrected chi connectivity index (χ2v) is 6.09. The van der Waals surface area contributed by atoms with Crippen molar-refractivity contribution in [3.63, 3.8) is 0 Å². The lowest BCUT2D eigenvalue weighted by Gasteiger charge is -2.29. The number of aromatic nitrogens is 3. The molecule has 2 aliphatic rings. The van der Waals surface area contributed by atoms with Gasteiger partial charge in [-0.3, -0.25) is 9.89 Å². The summed E-state index contributed by atoms with van der Waals surface area (Å²) >= 11 is 1.90. The van der Waals surface area contributed by atoms with Gasteiger partial charge >= 0.3 is 0 Å². The maximum Gasteiger partial charge on any atom is 0.291 e. The van der Waals surface area contributed by atoms with Gasteiger partial charge in [-0.2, -0.15) is 16.9 Å². The van der Waals surface area contributed by atoms with E-state index in [4.69, 9.17) is 4.74 Å². The van der Waals surface area contributed by atoms with Crippen LogP contribution in [-0.4, -0.2) is 62.8 Å². The third-order valence-electron chi connectivity index (χ3n) is 3.65. The summed E-state index contributed by atoms with van der Waals surface area (Å²) in [5.41, 5.74) is 0. The van der Waals surface area contributed by atoms with Crippen LogP contribution in [-0.2, 0) is 4.74 Å². The Morgan fingerprint density at radius 3 is 3.16 bits per heavy atom. The van der Waals surface area contributed by atoms with Crippen molar-refractivity contribution in [2.75, 3.05) is 24.7 Å². The van der Waals surface area contributed by atoms with Crippen molar-refractivity contribution in [3.8, 4) is 0 Å². The first-order chi connectivity index (χ1) is 9.34. The zero-order chi connectivity index (χ0) is 13.1. The Bertz CT molecular complexity index is 413. The minimum absolute atomic E-state index is 0.0551. The van der Waals surface area contributed by atoms with Crippen molar-refractivity contribution >= 4 is 17.7 Å². The Morgan fingerprint density at radius 1 is 1.58 bits per heavy atom. The molecule has 2 saturated heterocycles. The number of hydrogen-bond acceptors (Lipinski definition) is 5. The lowest BCUT2D eigenvalue weighted by molar-refractivity contribution is 0.0433. The zero-order valence-electron chi connectivity index (χ0n) is 10.7. The molecule has 3 rings (SSSR count). The number of rotatable bonds is 4. The van der Waals surface area contributed by atoms with E-state index < -0.39 is 0 Å². The minimum Gasteiger partial charge on any atom is -0.376 e. The molecule has 0 radical (unpaired) electrons. The van der Waals surface area contributed by atoms with Crippen LogP contribution in [0.2, 0.25) is 0 Å². The van der Waals surface area contributed by atoms with Crippen LogP contribution in [0, 0.1) is 0 Å². The van der Waals surface area contributed by atoms with Gasteiger partial charge in [0.2, 0.25) is 5.82 Å². The predicted molar refractivity (Wildman–Crippen MR) is 72.1 cm³/mol. The van der Waals surface area contributed by atoms with Crippen molar-refractivity contribution in [3.05, 3.63) is 12.2 Å². The number of amides is 1. The van der Waals surface area contributed by atoms with Gasteiger partial charge < -0.3 is 9.64 Å². The standard InChI is InChI=1S/C12H18N4O2S/c17-12(11-13-8-14-15-11)16(9-3-5-19-7-9)6-10-2-1-4-18-10/h8-10H,1-7H2,(H,13,14,15). The summed E-state index contributed by atoms with van der Waals surface area (Å²) in [7, 11) is 0. The maximum atomic E-state index is 12.5. The average Bonchev–Trinajstić information content (AvgIpc) is 3.15. The van der Waals surface area contributed by atoms with Crippen molar-refractivity contribution in [2.45, 2.75) is 31.4 Å². The third kappa shape index (κ3) is 2.92. The van der Waals surface area contributed by atoms with Gasteiger partial charge in [0.1, 0.15) is 6.33 Å². The van der Waals surface area contributed by atoms with E-state index >= 15 is 0 Å². The van der Waals surface area contributed by atoms with E-state index in [1.807, 2.05) is 16.7 Å². The number of ether oxygens (including phenoxy) is 1. The van der Waals surface area contributed by atoms with Gasteiger partial charge in [0.15, 0.2) is 0 Å². The van der Waals surface area contributed by atoms with Crippen LogP contribution in [0.3, 0.4) is 0 Å². The molecule has 0 saturated carbocycles. The van der Waals surface area contributed by atoms with E-state index in [9.17, 15) is 4.79 Å². The smallest absolute Gasteiger partial charge is 0.291 e. The topological polar surface area (TPSA) is 71.1 Å². The fraction of sp³-hybridized carbons (Fsp3) is 0.750. The Labute approximate surface area is 116 Å². The summed E-state index contributed by atoms with van der Waals surface area (Å²) in [6.45, 7) is 1.49. The largest absolute Gasteiger partial charge is 0.376 e. The SMILES string of the molecule is O=C(c1ncn[nH]1)N(CC1CCCO1)C1CCSC1. The summed E-state index contributed by atoms with van der Waals surface area (Å²) in [5.74, 6) is 2.40. The molecule has 0 aliphatic carbocycles. The van der Waals surface area contributed by atoms with Gasteiger partial charge in [0, 0.05) is 24.9 Å². The molecule has 0 aromatic carbocycles. The average molecular weight is 282 g/mol. The van der Waals surface area contributed by atoms with Crippen LogP contribution in [0.1, 0.15) is 29.9 Å². The summed E-state index contributed by atoms with van der Waals surface area (Å²) in [4.78, 5) is 18.4. The first-order valence-corrected chi connectivity index (χ1v) is 7.86. The molecule has 0 spiro atoms. The Balaban J connectivity index is 1.72. The molecule has 2 unspecified atom stereocenters. The quantitative estimate of drug-likeness (QED) is 0.889. The monoisotopic (exact) mass is 282 g/mol. The molecule has 1 aromatic heterocycles. The lowest BCUT2D eigenvalue weighted by atomic mass is 10.1. The highest BCUT2D eigenvalue weighted by Crippen LogP contribution is 2.25. The number of carbonyl (C=O) groups is 1. The molecule has 104 valence electrons. The van der Waals surface area contributed by atoms with E-state index in [2.05, 4.69) is 15.2 Å². The second kappa shape index (κ2) is 5.92. The molecular formula is C12H18N4O2S. The van der Waals surface area contributed by atoms with E-state index in [-0.39, 0.29) is 12.0 Å². The highest BCUT2D eigenvalue weighted by Gasteiger charge is 2.32. The van der Waals surface area contributed by atoms with Gasteiger partial charge in [0.25, 0.3) is 5.91 Å². The van der Waals surface area contributed by atoms with Crippen molar-refractivity contribution < 1.29 is 9.53 Å². The molecular weight excluding hydrogens is 264 g/mol. The summed E-state index contributed by atoms with van der Waals surface area (Å²) in [6.07, 6.45) is 4.74. The Morgan fingerprint density at radius 2 is 2.53 bits per heavy atom. The van der Waals surface area contributed by atoms with E-state index in [0.29, 0.717) is 18.4 Å². The first kappa shape index (κ1) is 12.9. The number of hydrogen-bond donors (Lipinski definition) is 1. The molecule has 3 heterocycles. The number of thioether (sulfide) groups is 1. The molecule has 1 aromatic rings. The number of nitrogens with one attached hydrogen (secondary N) is 1. The predicted octanol–water partition coefficient (Wildman–Crippen LogP) is 0.931. The van der Waals surface area contributed by atoms with Crippen LogP contribution in [0.25, 0.3) is 0 Å². The first-order valence-electron chi connectivity index (χ1n) is 6.70. The minimum atomic E-state index is -0.0551. The maximum absolute atomic E-state index is 12.5. The molecule has 2 fully saturated rings. The molecule has 2 aliphatic heterocycles. The number of nitrogens with zero attached hydrogens (tertiary/aromatic N) is 3. The van der Waals surface area contributed by atoms with E-state index in [1.165, 1.54) is 6.33 Å².